The zero-order valence-electron chi connectivity index (χ0n) is 15.7. The molecule has 9 heteroatoms. The average Bonchev–Trinajstić information content (AvgIpc) is 3.16. The summed E-state index contributed by atoms with van der Waals surface area (Å²) >= 11 is 0. The summed E-state index contributed by atoms with van der Waals surface area (Å²) < 4.78 is 12.4. The number of nitrogens with one attached hydrogen (secondary N) is 1. The van der Waals surface area contributed by atoms with E-state index in [9.17, 15) is 0 Å². The number of hydrogen-bond donors (Lipinski definition) is 1. The fourth-order valence-corrected chi connectivity index (χ4v) is 2.82. The number of aromatic nitrogens is 3. The second-order valence-corrected chi connectivity index (χ2v) is 6.19. The third kappa shape index (κ3) is 6.70. The van der Waals surface area contributed by atoms with Crippen molar-refractivity contribution in [3.05, 3.63) is 11.6 Å². The second kappa shape index (κ2) is 11.6. The van der Waals surface area contributed by atoms with Crippen molar-refractivity contribution in [2.24, 2.45) is 18.0 Å². The average molecular weight is 466 g/mol. The SMILES string of the molecule is COCCCNC(=NCc1nnc(C)n1C)N1CCC(COC)C1.I. The lowest BCUT2D eigenvalue weighted by atomic mass is 10.1. The minimum atomic E-state index is 0. The van der Waals surface area contributed by atoms with Crippen molar-refractivity contribution in [3.8, 4) is 0 Å². The van der Waals surface area contributed by atoms with Gasteiger partial charge in [-0.05, 0) is 19.8 Å². The molecule has 1 N–H and O–H groups in total. The molecule has 0 radical (unpaired) electrons. The lowest BCUT2D eigenvalue weighted by Gasteiger charge is -2.22. The molecule has 0 saturated carbocycles. The van der Waals surface area contributed by atoms with Gasteiger partial charge in [-0.15, -0.1) is 34.2 Å². The van der Waals surface area contributed by atoms with Gasteiger partial charge in [-0.2, -0.15) is 0 Å². The van der Waals surface area contributed by atoms with Crippen molar-refractivity contribution in [1.29, 1.82) is 0 Å². The van der Waals surface area contributed by atoms with Gasteiger partial charge in [0.05, 0.1) is 6.61 Å². The van der Waals surface area contributed by atoms with Crippen LogP contribution >= 0.6 is 24.0 Å². The molecule has 1 atom stereocenters. The van der Waals surface area contributed by atoms with Crippen molar-refractivity contribution in [3.63, 3.8) is 0 Å². The van der Waals surface area contributed by atoms with Crippen LogP contribution in [0.4, 0.5) is 0 Å². The molecule has 2 rings (SSSR count). The number of nitrogens with zero attached hydrogens (tertiary/aromatic N) is 5. The van der Waals surface area contributed by atoms with E-state index in [1.165, 1.54) is 0 Å². The van der Waals surface area contributed by atoms with Gasteiger partial charge in [0.25, 0.3) is 0 Å². The maximum atomic E-state index is 5.29. The highest BCUT2D eigenvalue weighted by Crippen LogP contribution is 2.16. The van der Waals surface area contributed by atoms with Crippen molar-refractivity contribution in [2.75, 3.05) is 47.1 Å². The quantitative estimate of drug-likeness (QED) is 0.269. The molecule has 1 saturated heterocycles. The zero-order chi connectivity index (χ0) is 17.4. The van der Waals surface area contributed by atoms with Gasteiger partial charge < -0.3 is 24.3 Å². The number of ether oxygens (including phenoxy) is 2. The number of aryl methyl sites for hydroxylation is 1. The maximum Gasteiger partial charge on any atom is 0.194 e. The van der Waals surface area contributed by atoms with Crippen molar-refractivity contribution < 1.29 is 9.47 Å². The summed E-state index contributed by atoms with van der Waals surface area (Å²) in [7, 11) is 5.45. The van der Waals surface area contributed by atoms with E-state index in [-0.39, 0.29) is 24.0 Å². The Bertz CT molecular complexity index is 537. The van der Waals surface area contributed by atoms with Gasteiger partial charge in [-0.1, -0.05) is 0 Å². The lowest BCUT2D eigenvalue weighted by molar-refractivity contribution is 0.157. The third-order valence-corrected chi connectivity index (χ3v) is 4.35. The lowest BCUT2D eigenvalue weighted by Crippen LogP contribution is -2.41. The van der Waals surface area contributed by atoms with E-state index in [1.807, 2.05) is 18.5 Å². The number of hydrogen-bond acceptors (Lipinski definition) is 5. The Morgan fingerprint density at radius 2 is 2.12 bits per heavy atom. The first-order valence-electron chi connectivity index (χ1n) is 8.51. The number of guanidine groups is 1. The number of aliphatic imine (C=N–C) groups is 1. The van der Waals surface area contributed by atoms with Gasteiger partial charge in [-0.25, -0.2) is 4.99 Å². The van der Waals surface area contributed by atoms with Crippen LogP contribution in [0.1, 0.15) is 24.5 Å². The molecule has 1 fully saturated rings. The van der Waals surface area contributed by atoms with Gasteiger partial charge in [0, 0.05) is 53.4 Å². The number of halogens is 1. The molecule has 0 aromatic carbocycles. The maximum absolute atomic E-state index is 5.29. The highest BCUT2D eigenvalue weighted by molar-refractivity contribution is 14.0. The second-order valence-electron chi connectivity index (χ2n) is 6.19. The molecule has 8 nitrogen and oxygen atoms in total. The number of likely N-dealkylation sites (tertiary alicyclic amines) is 1. The molecule has 144 valence electrons. The summed E-state index contributed by atoms with van der Waals surface area (Å²) in [6, 6.07) is 0. The van der Waals surface area contributed by atoms with E-state index < -0.39 is 0 Å². The monoisotopic (exact) mass is 466 g/mol. The molecule has 1 unspecified atom stereocenters. The molecule has 1 aliphatic rings. The van der Waals surface area contributed by atoms with Crippen LogP contribution in [0.2, 0.25) is 0 Å². The molecule has 0 bridgehead atoms. The van der Waals surface area contributed by atoms with E-state index in [4.69, 9.17) is 14.5 Å². The fourth-order valence-electron chi connectivity index (χ4n) is 2.82. The Morgan fingerprint density at radius 1 is 1.32 bits per heavy atom. The van der Waals surface area contributed by atoms with Gasteiger partial charge in [0.2, 0.25) is 0 Å². The van der Waals surface area contributed by atoms with E-state index in [0.29, 0.717) is 12.5 Å². The van der Waals surface area contributed by atoms with Crippen LogP contribution in [-0.2, 0) is 23.1 Å². The van der Waals surface area contributed by atoms with Gasteiger partial charge >= 0.3 is 0 Å². The van der Waals surface area contributed by atoms with E-state index in [2.05, 4.69) is 20.4 Å². The molecule has 0 aliphatic carbocycles. The van der Waals surface area contributed by atoms with Crippen LogP contribution in [0.3, 0.4) is 0 Å². The first-order chi connectivity index (χ1) is 11.7. The van der Waals surface area contributed by atoms with Gasteiger partial charge in [0.15, 0.2) is 11.8 Å². The van der Waals surface area contributed by atoms with Crippen LogP contribution in [0.15, 0.2) is 4.99 Å². The molecular formula is C16H31IN6O2. The standard InChI is InChI=1S/C16H30N6O2.HI/c1-13-19-20-15(21(13)2)10-18-16(17-7-5-9-23-3)22-8-6-14(11-22)12-24-4;/h14H,5-12H2,1-4H3,(H,17,18);1H. The topological polar surface area (TPSA) is 76.8 Å². The zero-order valence-corrected chi connectivity index (χ0v) is 18.0. The minimum Gasteiger partial charge on any atom is -0.385 e. The molecule has 1 aromatic heterocycles. The van der Waals surface area contributed by atoms with Crippen molar-refractivity contribution >= 4 is 29.9 Å². The minimum absolute atomic E-state index is 0. The van der Waals surface area contributed by atoms with Gasteiger partial charge in [0.1, 0.15) is 12.4 Å². The summed E-state index contributed by atoms with van der Waals surface area (Å²) in [4.78, 5) is 7.07. The Morgan fingerprint density at radius 3 is 2.76 bits per heavy atom. The Hall–Kier alpha value is -0.940. The van der Waals surface area contributed by atoms with Crippen LogP contribution in [-0.4, -0.2) is 72.7 Å². The van der Waals surface area contributed by atoms with Crippen molar-refractivity contribution in [2.45, 2.75) is 26.3 Å². The number of methoxy groups -OCH3 is 2. The summed E-state index contributed by atoms with van der Waals surface area (Å²) in [6.07, 6.45) is 2.09. The third-order valence-electron chi connectivity index (χ3n) is 4.35. The molecule has 25 heavy (non-hydrogen) atoms. The Kier molecular flexibility index (Phi) is 10.3. The largest absolute Gasteiger partial charge is 0.385 e. The van der Waals surface area contributed by atoms with Crippen LogP contribution in [0.25, 0.3) is 0 Å². The first-order valence-corrected chi connectivity index (χ1v) is 8.51. The fraction of sp³-hybridized carbons (Fsp3) is 0.812. The van der Waals surface area contributed by atoms with Crippen LogP contribution in [0, 0.1) is 12.8 Å². The summed E-state index contributed by atoms with van der Waals surface area (Å²) in [5.74, 6) is 3.27. The molecular weight excluding hydrogens is 435 g/mol. The van der Waals surface area contributed by atoms with E-state index in [1.54, 1.807) is 14.2 Å². The number of rotatable bonds is 8. The summed E-state index contributed by atoms with van der Waals surface area (Å²) in [6.45, 7) is 6.83. The van der Waals surface area contributed by atoms with Crippen LogP contribution in [0.5, 0.6) is 0 Å². The van der Waals surface area contributed by atoms with Crippen molar-refractivity contribution in [1.82, 2.24) is 25.0 Å². The normalized spacial score (nSPS) is 17.7. The smallest absolute Gasteiger partial charge is 0.194 e. The molecule has 2 heterocycles. The molecule has 1 aromatic rings. The van der Waals surface area contributed by atoms with E-state index in [0.717, 1.165) is 63.3 Å². The van der Waals surface area contributed by atoms with Crippen LogP contribution < -0.4 is 5.32 Å². The van der Waals surface area contributed by atoms with E-state index >= 15 is 0 Å². The summed E-state index contributed by atoms with van der Waals surface area (Å²) in [5, 5.41) is 11.7. The first kappa shape index (κ1) is 22.1. The molecule has 0 spiro atoms. The highest BCUT2D eigenvalue weighted by Gasteiger charge is 2.24. The molecule has 1 aliphatic heterocycles. The Labute approximate surface area is 167 Å². The molecule has 0 amide bonds. The van der Waals surface area contributed by atoms with Gasteiger partial charge in [-0.3, -0.25) is 0 Å². The highest BCUT2D eigenvalue weighted by atomic mass is 127. The summed E-state index contributed by atoms with van der Waals surface area (Å²) in [5.41, 5.74) is 0. The predicted molar refractivity (Wildman–Crippen MR) is 108 cm³/mol. The Balaban J connectivity index is 0.00000312. The predicted octanol–water partition coefficient (Wildman–Crippen LogP) is 1.19.